The second-order valence-electron chi connectivity index (χ2n) is 9.16. The van der Waals surface area contributed by atoms with Crippen LogP contribution in [0.3, 0.4) is 0 Å². The first-order valence-electron chi connectivity index (χ1n) is 11.9. The molecule has 1 aromatic heterocycles. The molecule has 4 nitrogen and oxygen atoms in total. The van der Waals surface area contributed by atoms with Crippen LogP contribution >= 0.6 is 0 Å². The molecule has 0 bridgehead atoms. The Morgan fingerprint density at radius 3 is 2.26 bits per heavy atom. The Hall–Kier alpha value is -3.66. The molecule has 0 saturated heterocycles. The molecule has 0 fully saturated rings. The third kappa shape index (κ3) is 3.63. The van der Waals surface area contributed by atoms with Crippen LogP contribution in [0.5, 0.6) is 0 Å². The molecule has 4 aromatic rings. The van der Waals surface area contributed by atoms with Crippen molar-refractivity contribution in [3.8, 4) is 0 Å². The molecule has 0 N–H and O–H groups in total. The van der Waals surface area contributed by atoms with E-state index < -0.39 is 0 Å². The van der Waals surface area contributed by atoms with Crippen LogP contribution in [0, 0.1) is 12.8 Å². The molecule has 0 amide bonds. The smallest absolute Gasteiger partial charge is 0.418 e. The van der Waals surface area contributed by atoms with E-state index in [1.165, 1.54) is 5.56 Å². The Balaban J connectivity index is 1.83. The molecule has 172 valence electrons. The summed E-state index contributed by atoms with van der Waals surface area (Å²) in [5, 5.41) is 1.01. The van der Waals surface area contributed by atoms with Crippen molar-refractivity contribution in [1.82, 2.24) is 4.57 Å². The van der Waals surface area contributed by atoms with Crippen molar-refractivity contribution in [3.05, 3.63) is 107 Å². The van der Waals surface area contributed by atoms with Gasteiger partial charge in [-0.25, -0.2) is 9.36 Å². The second-order valence-corrected chi connectivity index (χ2v) is 9.16. The van der Waals surface area contributed by atoms with E-state index >= 15 is 0 Å². The van der Waals surface area contributed by atoms with Gasteiger partial charge in [0.05, 0.1) is 12.1 Å². The van der Waals surface area contributed by atoms with E-state index in [0.29, 0.717) is 13.0 Å². The van der Waals surface area contributed by atoms with Gasteiger partial charge in [-0.1, -0.05) is 78.4 Å². The Kier molecular flexibility index (Phi) is 5.82. The quantitative estimate of drug-likeness (QED) is 0.350. The molecular weight excluding hydrogens is 422 g/mol. The van der Waals surface area contributed by atoms with Crippen LogP contribution in [-0.2, 0) is 16.0 Å². The number of benzene rings is 3. The highest BCUT2D eigenvalue weighted by molar-refractivity contribution is 5.96. The van der Waals surface area contributed by atoms with Gasteiger partial charge in [0.1, 0.15) is 5.78 Å². The van der Waals surface area contributed by atoms with Gasteiger partial charge in [0.25, 0.3) is 0 Å². The molecule has 0 radical (unpaired) electrons. The third-order valence-corrected chi connectivity index (χ3v) is 7.12. The fourth-order valence-electron chi connectivity index (χ4n) is 5.70. The summed E-state index contributed by atoms with van der Waals surface area (Å²) in [4.78, 5) is 26.5. The molecule has 0 saturated carbocycles. The van der Waals surface area contributed by atoms with Crippen molar-refractivity contribution in [2.24, 2.45) is 5.92 Å². The average molecular weight is 452 g/mol. The van der Waals surface area contributed by atoms with E-state index in [4.69, 9.17) is 4.74 Å². The lowest BCUT2D eigenvalue weighted by atomic mass is 9.64. The van der Waals surface area contributed by atoms with Gasteiger partial charge >= 0.3 is 6.09 Å². The van der Waals surface area contributed by atoms with Crippen LogP contribution in [0.1, 0.15) is 53.6 Å². The number of fused-ring (bicyclic) bond motifs is 3. The summed E-state index contributed by atoms with van der Waals surface area (Å²) >= 11 is 0. The van der Waals surface area contributed by atoms with Crippen LogP contribution < -0.4 is 0 Å². The maximum atomic E-state index is 13.3. The molecule has 1 aliphatic rings. The van der Waals surface area contributed by atoms with E-state index in [2.05, 4.69) is 49.4 Å². The SMILES string of the molecule is CCOC(=O)n1c2c(c3ccccc31)[C@H](c1ccccc1)[C@@H](C(C)=O)[C@H](c1ccc(C)cc1)C2. The van der Waals surface area contributed by atoms with Crippen LogP contribution in [0.25, 0.3) is 10.9 Å². The van der Waals surface area contributed by atoms with Crippen molar-refractivity contribution in [3.63, 3.8) is 0 Å². The number of aromatic nitrogens is 1. The van der Waals surface area contributed by atoms with E-state index in [-0.39, 0.29) is 29.6 Å². The minimum Gasteiger partial charge on any atom is -0.449 e. The van der Waals surface area contributed by atoms with Gasteiger partial charge in [-0.15, -0.1) is 0 Å². The topological polar surface area (TPSA) is 48.3 Å². The maximum Gasteiger partial charge on any atom is 0.418 e. The van der Waals surface area contributed by atoms with Gasteiger partial charge in [-0.3, -0.25) is 4.79 Å². The highest BCUT2D eigenvalue weighted by Crippen LogP contribution is 2.51. The Morgan fingerprint density at radius 2 is 1.59 bits per heavy atom. The summed E-state index contributed by atoms with van der Waals surface area (Å²) in [7, 11) is 0. The highest BCUT2D eigenvalue weighted by Gasteiger charge is 2.44. The molecule has 34 heavy (non-hydrogen) atoms. The first kappa shape index (κ1) is 22.1. The number of rotatable bonds is 4. The number of hydrogen-bond donors (Lipinski definition) is 0. The molecule has 0 unspecified atom stereocenters. The monoisotopic (exact) mass is 451 g/mol. The standard InChI is InChI=1S/C30H29NO3/c1-4-34-30(33)31-25-13-9-8-12-23(25)29-26(31)18-24(21-16-14-19(2)15-17-21)27(20(3)32)28(29)22-10-6-5-7-11-22/h5-17,24,27-28H,4,18H2,1-3H3/t24-,27-,28+/m0/s1. The van der Waals surface area contributed by atoms with Gasteiger partial charge in [-0.2, -0.15) is 0 Å². The van der Waals surface area contributed by atoms with E-state index in [0.717, 1.165) is 33.3 Å². The Morgan fingerprint density at radius 1 is 0.912 bits per heavy atom. The van der Waals surface area contributed by atoms with Gasteiger partial charge < -0.3 is 4.74 Å². The minimum atomic E-state index is -0.365. The number of Topliss-reactive ketones (excluding diaryl/α,β-unsaturated/α-hetero) is 1. The molecule has 3 aromatic carbocycles. The number of hydrogen-bond acceptors (Lipinski definition) is 3. The number of aryl methyl sites for hydroxylation is 1. The number of ketones is 1. The number of para-hydroxylation sites is 1. The Bertz CT molecular complexity index is 1350. The van der Waals surface area contributed by atoms with Crippen molar-refractivity contribution < 1.29 is 14.3 Å². The summed E-state index contributed by atoms with van der Waals surface area (Å²) in [6.07, 6.45) is 0.232. The van der Waals surface area contributed by atoms with Gasteiger partial charge in [0.2, 0.25) is 0 Å². The second kappa shape index (κ2) is 8.94. The zero-order valence-corrected chi connectivity index (χ0v) is 19.8. The summed E-state index contributed by atoms with van der Waals surface area (Å²) in [6.45, 7) is 5.90. The van der Waals surface area contributed by atoms with Gasteiger partial charge in [0.15, 0.2) is 0 Å². The average Bonchev–Trinajstić information content (AvgIpc) is 3.18. The fraction of sp³-hybridized carbons (Fsp3) is 0.267. The molecule has 0 aliphatic heterocycles. The first-order valence-corrected chi connectivity index (χ1v) is 11.9. The van der Waals surface area contributed by atoms with Crippen LogP contribution in [0.4, 0.5) is 4.79 Å². The van der Waals surface area contributed by atoms with Crippen molar-refractivity contribution in [1.29, 1.82) is 0 Å². The Labute approximate surface area is 200 Å². The third-order valence-electron chi connectivity index (χ3n) is 7.12. The molecule has 4 heteroatoms. The summed E-state index contributed by atoms with van der Waals surface area (Å²) in [6, 6.07) is 26.6. The number of nitrogens with zero attached hydrogens (tertiary/aromatic N) is 1. The number of carbonyl (C=O) groups is 2. The zero-order valence-electron chi connectivity index (χ0n) is 19.8. The van der Waals surface area contributed by atoms with E-state index in [9.17, 15) is 9.59 Å². The lowest BCUT2D eigenvalue weighted by Crippen LogP contribution is -2.35. The van der Waals surface area contributed by atoms with Crippen LogP contribution in [-0.4, -0.2) is 23.1 Å². The first-order chi connectivity index (χ1) is 16.5. The van der Waals surface area contributed by atoms with Crippen LogP contribution in [0.2, 0.25) is 0 Å². The number of carbonyl (C=O) groups excluding carboxylic acids is 2. The summed E-state index contributed by atoms with van der Waals surface area (Å²) in [5.41, 5.74) is 6.24. The van der Waals surface area contributed by atoms with Gasteiger partial charge in [-0.05, 0) is 55.9 Å². The lowest BCUT2D eigenvalue weighted by Gasteiger charge is -2.38. The van der Waals surface area contributed by atoms with E-state index in [1.54, 1.807) is 11.5 Å². The summed E-state index contributed by atoms with van der Waals surface area (Å²) in [5.74, 6) is -0.278. The van der Waals surface area contributed by atoms with Crippen molar-refractivity contribution >= 4 is 22.8 Å². The van der Waals surface area contributed by atoms with E-state index in [1.807, 2.05) is 43.3 Å². The molecule has 3 atom stereocenters. The van der Waals surface area contributed by atoms with Crippen molar-refractivity contribution in [2.75, 3.05) is 6.61 Å². The minimum absolute atomic E-state index is 0.0479. The predicted octanol–water partition coefficient (Wildman–Crippen LogP) is 6.63. The van der Waals surface area contributed by atoms with Gasteiger partial charge in [0, 0.05) is 22.9 Å². The highest BCUT2D eigenvalue weighted by atomic mass is 16.5. The van der Waals surface area contributed by atoms with Crippen LogP contribution in [0.15, 0.2) is 78.9 Å². The number of ether oxygens (including phenoxy) is 1. The normalized spacial score (nSPS) is 19.6. The zero-order chi connectivity index (χ0) is 23.8. The van der Waals surface area contributed by atoms with Crippen molar-refractivity contribution in [2.45, 2.75) is 39.0 Å². The fourth-order valence-corrected chi connectivity index (χ4v) is 5.70. The molecule has 0 spiro atoms. The largest absolute Gasteiger partial charge is 0.449 e. The molecule has 1 aliphatic carbocycles. The molecule has 5 rings (SSSR count). The molecular formula is C30H29NO3. The predicted molar refractivity (Wildman–Crippen MR) is 134 cm³/mol. The maximum absolute atomic E-state index is 13.3. The summed E-state index contributed by atoms with van der Waals surface area (Å²) < 4.78 is 7.23. The lowest BCUT2D eigenvalue weighted by molar-refractivity contribution is -0.122. The molecule has 1 heterocycles.